The quantitative estimate of drug-likeness (QED) is 0.674. The maximum atomic E-state index is 12.3. The molecule has 25 heavy (non-hydrogen) atoms. The molecule has 0 saturated heterocycles. The fraction of sp³-hybridized carbons (Fsp3) is 0.261. The van der Waals surface area contributed by atoms with Gasteiger partial charge in [0.15, 0.2) is 0 Å². The van der Waals surface area contributed by atoms with Crippen LogP contribution in [0.1, 0.15) is 38.3 Å². The third-order valence-corrected chi connectivity index (χ3v) is 4.91. The van der Waals surface area contributed by atoms with Crippen LogP contribution in [0.5, 0.6) is 0 Å². The van der Waals surface area contributed by atoms with Gasteiger partial charge in [-0.3, -0.25) is 4.79 Å². The van der Waals surface area contributed by atoms with E-state index in [0.29, 0.717) is 13.0 Å². The number of esters is 1. The second-order valence-electron chi connectivity index (χ2n) is 6.37. The molecule has 0 aliphatic heterocycles. The Kier molecular flexibility index (Phi) is 5.18. The van der Waals surface area contributed by atoms with Crippen molar-refractivity contribution < 1.29 is 9.53 Å². The van der Waals surface area contributed by atoms with E-state index in [1.807, 2.05) is 43.3 Å². The van der Waals surface area contributed by atoms with E-state index in [9.17, 15) is 4.79 Å². The molecule has 3 rings (SSSR count). The van der Waals surface area contributed by atoms with E-state index in [0.717, 1.165) is 0 Å². The van der Waals surface area contributed by atoms with E-state index in [1.165, 1.54) is 33.4 Å². The Hall–Kier alpha value is -2.61. The lowest BCUT2D eigenvalue weighted by Gasteiger charge is -2.20. The largest absolute Gasteiger partial charge is 0.466 e. The van der Waals surface area contributed by atoms with Crippen molar-refractivity contribution in [2.75, 3.05) is 6.61 Å². The van der Waals surface area contributed by atoms with Crippen LogP contribution in [0.25, 0.3) is 11.1 Å². The van der Waals surface area contributed by atoms with Gasteiger partial charge in [0, 0.05) is 5.92 Å². The summed E-state index contributed by atoms with van der Waals surface area (Å²) in [5, 5.41) is 0. The first-order valence-electron chi connectivity index (χ1n) is 8.81. The summed E-state index contributed by atoms with van der Waals surface area (Å²) in [6.45, 7) is 6.58. The number of allylic oxidation sites excluding steroid dienone is 4. The predicted octanol–water partition coefficient (Wildman–Crippen LogP) is 5.52. The summed E-state index contributed by atoms with van der Waals surface area (Å²) in [6, 6.07) is 20.7. The van der Waals surface area contributed by atoms with Crippen molar-refractivity contribution in [3.8, 4) is 0 Å². The molecular formula is C23H24O2. The number of carbonyl (C=O) groups is 1. The number of benzene rings is 2. The molecule has 0 N–H and O–H groups in total. The third-order valence-electron chi connectivity index (χ3n) is 4.91. The van der Waals surface area contributed by atoms with Gasteiger partial charge in [-0.1, -0.05) is 60.7 Å². The summed E-state index contributed by atoms with van der Waals surface area (Å²) in [5.41, 5.74) is 7.37. The number of hydrogen-bond acceptors (Lipinski definition) is 2. The molecular weight excluding hydrogens is 308 g/mol. The van der Waals surface area contributed by atoms with Crippen molar-refractivity contribution >= 4 is 17.1 Å². The van der Waals surface area contributed by atoms with Crippen LogP contribution in [-0.2, 0) is 9.53 Å². The molecule has 0 spiro atoms. The van der Waals surface area contributed by atoms with Gasteiger partial charge >= 0.3 is 5.97 Å². The van der Waals surface area contributed by atoms with Crippen molar-refractivity contribution in [3.63, 3.8) is 0 Å². The Balaban J connectivity index is 2.08. The average Bonchev–Trinajstić information content (AvgIpc) is 2.87. The van der Waals surface area contributed by atoms with Crippen LogP contribution in [0, 0.1) is 5.92 Å². The molecule has 0 bridgehead atoms. The van der Waals surface area contributed by atoms with Gasteiger partial charge in [0.2, 0.25) is 0 Å². The van der Waals surface area contributed by atoms with Gasteiger partial charge in [0.05, 0.1) is 13.0 Å². The molecule has 1 aliphatic carbocycles. The van der Waals surface area contributed by atoms with E-state index in [1.54, 1.807) is 0 Å². The second-order valence-corrected chi connectivity index (χ2v) is 6.37. The Morgan fingerprint density at radius 2 is 1.28 bits per heavy atom. The van der Waals surface area contributed by atoms with E-state index in [4.69, 9.17) is 4.74 Å². The Labute approximate surface area is 149 Å². The smallest absolute Gasteiger partial charge is 0.306 e. The van der Waals surface area contributed by atoms with Crippen molar-refractivity contribution in [3.05, 3.63) is 82.9 Å². The summed E-state index contributed by atoms with van der Waals surface area (Å²) in [4.78, 5) is 12.3. The summed E-state index contributed by atoms with van der Waals surface area (Å²) < 4.78 is 5.26. The van der Waals surface area contributed by atoms with Gasteiger partial charge in [-0.2, -0.15) is 0 Å². The first-order valence-corrected chi connectivity index (χ1v) is 8.81. The second kappa shape index (κ2) is 7.52. The van der Waals surface area contributed by atoms with Crippen molar-refractivity contribution in [2.45, 2.75) is 27.2 Å². The Morgan fingerprint density at radius 3 is 1.68 bits per heavy atom. The van der Waals surface area contributed by atoms with Crippen LogP contribution in [0.3, 0.4) is 0 Å². The minimum absolute atomic E-state index is 0.0313. The molecule has 128 valence electrons. The summed E-state index contributed by atoms with van der Waals surface area (Å²) in [6.07, 6.45) is 0.372. The zero-order valence-electron chi connectivity index (χ0n) is 15.1. The molecule has 2 nitrogen and oxygen atoms in total. The normalized spacial score (nSPS) is 15.0. The van der Waals surface area contributed by atoms with Crippen LogP contribution < -0.4 is 0 Å². The zero-order chi connectivity index (χ0) is 17.8. The molecule has 0 heterocycles. The molecule has 2 aromatic carbocycles. The topological polar surface area (TPSA) is 26.3 Å². The molecule has 0 amide bonds. The maximum Gasteiger partial charge on any atom is 0.306 e. The van der Waals surface area contributed by atoms with Crippen molar-refractivity contribution in [2.24, 2.45) is 5.92 Å². The molecule has 0 unspecified atom stereocenters. The number of ether oxygens (including phenoxy) is 1. The fourth-order valence-corrected chi connectivity index (χ4v) is 3.73. The lowest BCUT2D eigenvalue weighted by atomic mass is 9.84. The fourth-order valence-electron chi connectivity index (χ4n) is 3.73. The van der Waals surface area contributed by atoms with Crippen LogP contribution in [0.2, 0.25) is 0 Å². The van der Waals surface area contributed by atoms with Crippen LogP contribution >= 0.6 is 0 Å². The average molecular weight is 332 g/mol. The molecule has 0 atom stereocenters. The van der Waals surface area contributed by atoms with Crippen molar-refractivity contribution in [1.29, 1.82) is 0 Å². The van der Waals surface area contributed by atoms with Gasteiger partial charge in [0.25, 0.3) is 0 Å². The standard InChI is InChI=1S/C23H24O2/c1-4-25-21(24)15-20-22(18-11-7-5-8-12-18)16(2)17(3)23(20)19-13-9-6-10-14-19/h5-14,20H,4,15H2,1-3H3. The first-order chi connectivity index (χ1) is 12.1. The molecule has 2 heteroatoms. The highest BCUT2D eigenvalue weighted by Gasteiger charge is 2.33. The molecule has 0 radical (unpaired) electrons. The maximum absolute atomic E-state index is 12.3. The van der Waals surface area contributed by atoms with Gasteiger partial charge in [-0.05, 0) is 54.2 Å². The highest BCUT2D eigenvalue weighted by Crippen LogP contribution is 2.48. The number of carbonyl (C=O) groups excluding carboxylic acids is 1. The third kappa shape index (κ3) is 3.43. The van der Waals surface area contributed by atoms with E-state index in [2.05, 4.69) is 38.1 Å². The first kappa shape index (κ1) is 17.2. The van der Waals surface area contributed by atoms with Gasteiger partial charge < -0.3 is 4.74 Å². The number of hydrogen-bond donors (Lipinski definition) is 0. The Bertz CT molecular complexity index is 752. The molecule has 0 saturated carbocycles. The van der Waals surface area contributed by atoms with Crippen LogP contribution in [-0.4, -0.2) is 12.6 Å². The van der Waals surface area contributed by atoms with E-state index < -0.39 is 0 Å². The van der Waals surface area contributed by atoms with Gasteiger partial charge in [0.1, 0.15) is 0 Å². The Morgan fingerprint density at radius 1 is 0.840 bits per heavy atom. The SMILES string of the molecule is CCOC(=O)CC1C(c2ccccc2)=C(C)C(C)=C1c1ccccc1. The van der Waals surface area contributed by atoms with Crippen molar-refractivity contribution in [1.82, 2.24) is 0 Å². The monoisotopic (exact) mass is 332 g/mol. The summed E-state index contributed by atoms with van der Waals surface area (Å²) in [7, 11) is 0. The van der Waals surface area contributed by atoms with Crippen LogP contribution in [0.4, 0.5) is 0 Å². The lowest BCUT2D eigenvalue weighted by Crippen LogP contribution is -2.13. The molecule has 2 aromatic rings. The molecule has 1 aliphatic rings. The predicted molar refractivity (Wildman–Crippen MR) is 103 cm³/mol. The summed E-state index contributed by atoms with van der Waals surface area (Å²) >= 11 is 0. The lowest BCUT2D eigenvalue weighted by molar-refractivity contribution is -0.143. The molecule has 0 aromatic heterocycles. The minimum atomic E-state index is -0.142. The van der Waals surface area contributed by atoms with Gasteiger partial charge in [-0.15, -0.1) is 0 Å². The highest BCUT2D eigenvalue weighted by molar-refractivity contribution is 5.96. The summed E-state index contributed by atoms with van der Waals surface area (Å²) in [5.74, 6) is -0.110. The minimum Gasteiger partial charge on any atom is -0.466 e. The zero-order valence-corrected chi connectivity index (χ0v) is 15.1. The van der Waals surface area contributed by atoms with Crippen LogP contribution in [0.15, 0.2) is 71.8 Å². The van der Waals surface area contributed by atoms with E-state index in [-0.39, 0.29) is 11.9 Å². The number of rotatable bonds is 5. The highest BCUT2D eigenvalue weighted by atomic mass is 16.5. The van der Waals surface area contributed by atoms with Gasteiger partial charge in [-0.25, -0.2) is 0 Å². The molecule has 0 fully saturated rings. The van der Waals surface area contributed by atoms with E-state index >= 15 is 0 Å².